The van der Waals surface area contributed by atoms with Gasteiger partial charge in [0.1, 0.15) is 0 Å². The molecular formula is C21H14N4O2S. The van der Waals surface area contributed by atoms with Gasteiger partial charge in [-0.3, -0.25) is 0 Å². The van der Waals surface area contributed by atoms with Crippen LogP contribution in [-0.2, 0) is 9.84 Å². The minimum absolute atomic E-state index is 0.0551. The number of sulfone groups is 1. The Labute approximate surface area is 162 Å². The summed E-state index contributed by atoms with van der Waals surface area (Å²) in [6.45, 7) is 0. The van der Waals surface area contributed by atoms with Crippen molar-refractivity contribution < 1.29 is 8.42 Å². The van der Waals surface area contributed by atoms with E-state index in [0.29, 0.717) is 22.2 Å². The number of benzene rings is 3. The van der Waals surface area contributed by atoms with E-state index >= 15 is 0 Å². The third kappa shape index (κ3) is 3.29. The number of nitrogens with one attached hydrogen (secondary N) is 1. The average molecular weight is 386 g/mol. The van der Waals surface area contributed by atoms with Crippen molar-refractivity contribution in [3.8, 4) is 6.07 Å². The molecule has 0 bridgehead atoms. The molecule has 0 aliphatic carbocycles. The molecule has 0 saturated heterocycles. The SMILES string of the molecule is N#Cc1ccc(Nc2nc(S(=O)(=O)c3ccccc3)c3ccccc3n2)cc1. The van der Waals surface area contributed by atoms with Crippen LogP contribution in [0.2, 0.25) is 0 Å². The first-order valence-electron chi connectivity index (χ1n) is 8.42. The normalized spacial score (nSPS) is 11.1. The molecule has 0 spiro atoms. The molecule has 1 heterocycles. The number of hydrogen-bond donors (Lipinski definition) is 1. The van der Waals surface area contributed by atoms with E-state index in [-0.39, 0.29) is 15.9 Å². The maximum Gasteiger partial charge on any atom is 0.229 e. The minimum Gasteiger partial charge on any atom is -0.324 e. The number of hydrogen-bond acceptors (Lipinski definition) is 6. The molecule has 0 aliphatic heterocycles. The van der Waals surface area contributed by atoms with Crippen LogP contribution < -0.4 is 5.32 Å². The first kappa shape index (κ1) is 17.6. The van der Waals surface area contributed by atoms with Crippen LogP contribution in [-0.4, -0.2) is 18.4 Å². The second-order valence-electron chi connectivity index (χ2n) is 6.00. The van der Waals surface area contributed by atoms with Gasteiger partial charge in [0, 0.05) is 11.1 Å². The van der Waals surface area contributed by atoms with E-state index in [1.807, 2.05) is 0 Å². The van der Waals surface area contributed by atoms with E-state index in [0.717, 1.165) is 0 Å². The van der Waals surface area contributed by atoms with Crippen molar-refractivity contribution in [2.75, 3.05) is 5.32 Å². The third-order valence-corrected chi connectivity index (χ3v) is 5.86. The predicted octanol–water partition coefficient (Wildman–Crippen LogP) is 4.08. The molecule has 4 rings (SSSR count). The fourth-order valence-corrected chi connectivity index (χ4v) is 4.18. The molecular weight excluding hydrogens is 372 g/mol. The van der Waals surface area contributed by atoms with E-state index in [9.17, 15) is 8.42 Å². The standard InChI is InChI=1S/C21H14N4O2S/c22-14-15-10-12-16(13-11-15)23-21-24-19-9-5-4-8-18(19)20(25-21)28(26,27)17-6-2-1-3-7-17/h1-13H,(H,23,24,25). The van der Waals surface area contributed by atoms with Gasteiger partial charge < -0.3 is 5.32 Å². The molecule has 3 aromatic carbocycles. The van der Waals surface area contributed by atoms with Crippen molar-refractivity contribution in [3.05, 3.63) is 84.4 Å². The highest BCUT2D eigenvalue weighted by Gasteiger charge is 2.23. The van der Waals surface area contributed by atoms with Gasteiger partial charge in [-0.15, -0.1) is 0 Å². The molecule has 4 aromatic rings. The summed E-state index contributed by atoms with van der Waals surface area (Å²) in [4.78, 5) is 8.91. The van der Waals surface area contributed by atoms with Crippen LogP contribution in [0.4, 0.5) is 11.6 Å². The summed E-state index contributed by atoms with van der Waals surface area (Å²) in [6, 6.07) is 24.0. The molecule has 1 N–H and O–H groups in total. The number of anilines is 2. The number of fused-ring (bicyclic) bond motifs is 1. The monoisotopic (exact) mass is 386 g/mol. The van der Waals surface area contributed by atoms with Crippen LogP contribution in [0.15, 0.2) is 88.8 Å². The van der Waals surface area contributed by atoms with Gasteiger partial charge in [0.2, 0.25) is 15.8 Å². The number of aromatic nitrogens is 2. The zero-order valence-corrected chi connectivity index (χ0v) is 15.4. The number of nitrogens with zero attached hydrogens (tertiary/aromatic N) is 3. The van der Waals surface area contributed by atoms with Crippen LogP contribution in [0.5, 0.6) is 0 Å². The van der Waals surface area contributed by atoms with Crippen LogP contribution in [0, 0.1) is 11.3 Å². The zero-order chi connectivity index (χ0) is 19.6. The summed E-state index contributed by atoms with van der Waals surface area (Å²) in [7, 11) is -3.83. The number of nitriles is 1. The Kier molecular flexibility index (Phi) is 4.47. The third-order valence-electron chi connectivity index (χ3n) is 4.15. The van der Waals surface area contributed by atoms with E-state index in [1.165, 1.54) is 0 Å². The molecule has 0 saturated carbocycles. The fraction of sp³-hybridized carbons (Fsp3) is 0. The quantitative estimate of drug-likeness (QED) is 0.531. The van der Waals surface area contributed by atoms with Gasteiger partial charge >= 0.3 is 0 Å². The molecule has 0 atom stereocenters. The lowest BCUT2D eigenvalue weighted by Crippen LogP contribution is -2.08. The van der Waals surface area contributed by atoms with Crippen molar-refractivity contribution in [1.82, 2.24) is 9.97 Å². The first-order valence-corrected chi connectivity index (χ1v) is 9.90. The summed E-state index contributed by atoms with van der Waals surface area (Å²) in [5.41, 5.74) is 1.69. The van der Waals surface area contributed by atoms with Crippen molar-refractivity contribution in [2.45, 2.75) is 9.92 Å². The van der Waals surface area contributed by atoms with Crippen molar-refractivity contribution in [2.24, 2.45) is 0 Å². The van der Waals surface area contributed by atoms with Crippen molar-refractivity contribution in [1.29, 1.82) is 5.26 Å². The van der Waals surface area contributed by atoms with Gasteiger partial charge in [-0.05, 0) is 48.5 Å². The van der Waals surface area contributed by atoms with Crippen LogP contribution in [0.1, 0.15) is 5.56 Å². The Hall–Kier alpha value is -3.76. The summed E-state index contributed by atoms with van der Waals surface area (Å²) in [5.74, 6) is 0.165. The molecule has 28 heavy (non-hydrogen) atoms. The smallest absolute Gasteiger partial charge is 0.229 e. The largest absolute Gasteiger partial charge is 0.324 e. The Bertz CT molecular complexity index is 1300. The molecule has 0 radical (unpaired) electrons. The molecule has 6 nitrogen and oxygen atoms in total. The van der Waals surface area contributed by atoms with Gasteiger partial charge in [0.15, 0.2) is 5.03 Å². The van der Waals surface area contributed by atoms with E-state index < -0.39 is 9.84 Å². The van der Waals surface area contributed by atoms with Crippen molar-refractivity contribution in [3.63, 3.8) is 0 Å². The molecule has 136 valence electrons. The molecule has 7 heteroatoms. The highest BCUT2D eigenvalue weighted by atomic mass is 32.2. The number of rotatable bonds is 4. The van der Waals surface area contributed by atoms with Crippen LogP contribution in [0.25, 0.3) is 10.9 Å². The fourth-order valence-electron chi connectivity index (χ4n) is 2.78. The second-order valence-corrected chi connectivity index (χ2v) is 7.87. The van der Waals surface area contributed by atoms with Crippen LogP contribution in [0.3, 0.4) is 0 Å². The Morgan fingerprint density at radius 1 is 0.821 bits per heavy atom. The molecule has 0 amide bonds. The topological polar surface area (TPSA) is 95.7 Å². The lowest BCUT2D eigenvalue weighted by molar-refractivity contribution is 0.593. The van der Waals surface area contributed by atoms with E-state index in [2.05, 4.69) is 21.4 Å². The average Bonchev–Trinajstić information content (AvgIpc) is 2.74. The van der Waals surface area contributed by atoms with Crippen LogP contribution >= 0.6 is 0 Å². The van der Waals surface area contributed by atoms with E-state index in [4.69, 9.17) is 5.26 Å². The van der Waals surface area contributed by atoms with Gasteiger partial charge in [-0.1, -0.05) is 30.3 Å². The lowest BCUT2D eigenvalue weighted by Gasteiger charge is -2.11. The Morgan fingerprint density at radius 2 is 1.50 bits per heavy atom. The summed E-state index contributed by atoms with van der Waals surface area (Å²) < 4.78 is 26.4. The van der Waals surface area contributed by atoms with Gasteiger partial charge in [-0.25, -0.2) is 13.4 Å². The van der Waals surface area contributed by atoms with Gasteiger partial charge in [-0.2, -0.15) is 10.2 Å². The van der Waals surface area contributed by atoms with E-state index in [1.54, 1.807) is 78.9 Å². The van der Waals surface area contributed by atoms with Crippen molar-refractivity contribution >= 4 is 32.4 Å². The maximum absolute atomic E-state index is 13.2. The summed E-state index contributed by atoms with van der Waals surface area (Å²) in [5, 5.41) is 12.3. The lowest BCUT2D eigenvalue weighted by atomic mass is 10.2. The zero-order valence-electron chi connectivity index (χ0n) is 14.6. The molecule has 1 aromatic heterocycles. The Balaban J connectivity index is 1.85. The summed E-state index contributed by atoms with van der Waals surface area (Å²) >= 11 is 0. The second kappa shape index (κ2) is 7.10. The van der Waals surface area contributed by atoms with Gasteiger partial charge in [0.05, 0.1) is 22.0 Å². The predicted molar refractivity (Wildman–Crippen MR) is 106 cm³/mol. The summed E-state index contributed by atoms with van der Waals surface area (Å²) in [6.07, 6.45) is 0. The highest BCUT2D eigenvalue weighted by Crippen LogP contribution is 2.28. The number of para-hydroxylation sites is 1. The minimum atomic E-state index is -3.83. The first-order chi connectivity index (χ1) is 13.6. The van der Waals surface area contributed by atoms with Gasteiger partial charge in [0.25, 0.3) is 0 Å². The Morgan fingerprint density at radius 3 is 2.21 bits per heavy atom. The highest BCUT2D eigenvalue weighted by molar-refractivity contribution is 7.91. The molecule has 0 aliphatic rings. The molecule has 0 unspecified atom stereocenters. The molecule has 0 fully saturated rings. The maximum atomic E-state index is 13.2.